The molecule has 1 rings (SSSR count). The standard InChI is InChI=1S/C7H14F2N2/c8-7(9)3-5-1-2-11-4-6(5)10/h5-7,11H,1-4,10H2. The molecule has 1 aliphatic heterocycles. The second-order valence-corrected chi connectivity index (χ2v) is 3.04. The average Bonchev–Trinajstić information content (AvgIpc) is 1.93. The maximum absolute atomic E-state index is 11.9. The normalized spacial score (nSPS) is 32.7. The van der Waals surface area contributed by atoms with Gasteiger partial charge in [0.15, 0.2) is 0 Å². The maximum Gasteiger partial charge on any atom is 0.239 e. The molecule has 0 saturated carbocycles. The summed E-state index contributed by atoms with van der Waals surface area (Å²) in [5.74, 6) is 0.0104. The number of hydrogen-bond acceptors (Lipinski definition) is 2. The van der Waals surface area contributed by atoms with Gasteiger partial charge < -0.3 is 11.1 Å². The monoisotopic (exact) mass is 164 g/mol. The van der Waals surface area contributed by atoms with E-state index < -0.39 is 6.43 Å². The van der Waals surface area contributed by atoms with Gasteiger partial charge >= 0.3 is 0 Å². The van der Waals surface area contributed by atoms with Gasteiger partial charge in [-0.1, -0.05) is 0 Å². The Labute approximate surface area is 65.1 Å². The second-order valence-electron chi connectivity index (χ2n) is 3.04. The Bertz CT molecular complexity index is 119. The SMILES string of the molecule is NC1CNCCC1CC(F)F. The van der Waals surface area contributed by atoms with Crippen LogP contribution in [0.3, 0.4) is 0 Å². The summed E-state index contributed by atoms with van der Waals surface area (Å²) in [6, 6.07) is -0.0854. The number of halogens is 2. The fourth-order valence-corrected chi connectivity index (χ4v) is 1.46. The van der Waals surface area contributed by atoms with E-state index in [1.54, 1.807) is 0 Å². The number of piperidine rings is 1. The van der Waals surface area contributed by atoms with Gasteiger partial charge in [-0.25, -0.2) is 8.78 Å². The summed E-state index contributed by atoms with van der Waals surface area (Å²) >= 11 is 0. The Balaban J connectivity index is 2.29. The Hall–Kier alpha value is -0.220. The summed E-state index contributed by atoms with van der Waals surface area (Å²) in [6.45, 7) is 1.50. The smallest absolute Gasteiger partial charge is 0.239 e. The molecule has 1 fully saturated rings. The predicted octanol–water partition coefficient (Wildman–Crippen LogP) is 0.578. The number of hydrogen-bond donors (Lipinski definition) is 2. The highest BCUT2D eigenvalue weighted by Gasteiger charge is 2.24. The van der Waals surface area contributed by atoms with E-state index in [9.17, 15) is 8.78 Å². The van der Waals surface area contributed by atoms with Gasteiger partial charge in [0.2, 0.25) is 6.43 Å². The van der Waals surface area contributed by atoms with E-state index in [1.807, 2.05) is 0 Å². The number of rotatable bonds is 2. The highest BCUT2D eigenvalue weighted by Crippen LogP contribution is 2.19. The first-order chi connectivity index (χ1) is 5.20. The summed E-state index contributed by atoms with van der Waals surface area (Å²) in [5, 5.41) is 3.07. The van der Waals surface area contributed by atoms with Gasteiger partial charge in [0.25, 0.3) is 0 Å². The first-order valence-electron chi connectivity index (χ1n) is 3.94. The minimum atomic E-state index is -2.20. The minimum absolute atomic E-state index is 0.0104. The molecule has 0 aromatic heterocycles. The summed E-state index contributed by atoms with van der Waals surface area (Å²) < 4.78 is 23.8. The van der Waals surface area contributed by atoms with Gasteiger partial charge in [-0.2, -0.15) is 0 Å². The highest BCUT2D eigenvalue weighted by atomic mass is 19.3. The molecule has 0 aromatic carbocycles. The van der Waals surface area contributed by atoms with Crippen LogP contribution in [-0.2, 0) is 0 Å². The predicted molar refractivity (Wildman–Crippen MR) is 39.6 cm³/mol. The third-order valence-corrected chi connectivity index (χ3v) is 2.16. The molecule has 11 heavy (non-hydrogen) atoms. The molecule has 0 bridgehead atoms. The summed E-state index contributed by atoms with van der Waals surface area (Å²) in [5.41, 5.74) is 5.63. The van der Waals surface area contributed by atoms with E-state index in [0.717, 1.165) is 13.0 Å². The number of nitrogens with two attached hydrogens (primary N) is 1. The van der Waals surface area contributed by atoms with E-state index in [-0.39, 0.29) is 18.4 Å². The van der Waals surface area contributed by atoms with Gasteiger partial charge in [0.05, 0.1) is 0 Å². The zero-order chi connectivity index (χ0) is 8.27. The molecule has 1 aliphatic rings. The number of nitrogens with one attached hydrogen (secondary N) is 1. The Morgan fingerprint density at radius 3 is 2.82 bits per heavy atom. The van der Waals surface area contributed by atoms with Crippen LogP contribution < -0.4 is 11.1 Å². The topological polar surface area (TPSA) is 38.0 Å². The lowest BCUT2D eigenvalue weighted by Crippen LogP contribution is -2.46. The van der Waals surface area contributed by atoms with Gasteiger partial charge in [-0.05, 0) is 18.9 Å². The van der Waals surface area contributed by atoms with Crippen LogP contribution in [0.1, 0.15) is 12.8 Å². The molecular weight excluding hydrogens is 150 g/mol. The molecule has 0 amide bonds. The molecule has 0 spiro atoms. The fraction of sp³-hybridized carbons (Fsp3) is 1.00. The third kappa shape index (κ3) is 2.71. The van der Waals surface area contributed by atoms with E-state index in [4.69, 9.17) is 5.73 Å². The lowest BCUT2D eigenvalue weighted by Gasteiger charge is -2.28. The van der Waals surface area contributed by atoms with E-state index >= 15 is 0 Å². The second kappa shape index (κ2) is 3.97. The zero-order valence-corrected chi connectivity index (χ0v) is 6.39. The quantitative estimate of drug-likeness (QED) is 0.626. The molecule has 4 heteroatoms. The van der Waals surface area contributed by atoms with Crippen LogP contribution in [0.25, 0.3) is 0 Å². The van der Waals surface area contributed by atoms with Crippen LogP contribution in [0.4, 0.5) is 8.78 Å². The Kier molecular flexibility index (Phi) is 3.20. The van der Waals surface area contributed by atoms with Gasteiger partial charge in [-0.3, -0.25) is 0 Å². The first kappa shape index (κ1) is 8.87. The van der Waals surface area contributed by atoms with Crippen molar-refractivity contribution in [2.45, 2.75) is 25.3 Å². The first-order valence-corrected chi connectivity index (χ1v) is 3.94. The van der Waals surface area contributed by atoms with Gasteiger partial charge in [0, 0.05) is 19.0 Å². The van der Waals surface area contributed by atoms with Gasteiger partial charge in [0.1, 0.15) is 0 Å². The Morgan fingerprint density at radius 1 is 1.55 bits per heavy atom. The van der Waals surface area contributed by atoms with E-state index in [0.29, 0.717) is 6.54 Å². The van der Waals surface area contributed by atoms with E-state index in [1.165, 1.54) is 0 Å². The third-order valence-electron chi connectivity index (χ3n) is 2.16. The zero-order valence-electron chi connectivity index (χ0n) is 6.39. The van der Waals surface area contributed by atoms with Crippen LogP contribution in [-0.4, -0.2) is 25.6 Å². The van der Waals surface area contributed by atoms with Crippen molar-refractivity contribution in [2.75, 3.05) is 13.1 Å². The summed E-state index contributed by atoms with van der Waals surface area (Å²) in [4.78, 5) is 0. The molecule has 1 saturated heterocycles. The molecular formula is C7H14F2N2. The largest absolute Gasteiger partial charge is 0.326 e. The average molecular weight is 164 g/mol. The van der Waals surface area contributed by atoms with Crippen molar-refractivity contribution in [3.63, 3.8) is 0 Å². The minimum Gasteiger partial charge on any atom is -0.326 e. The molecule has 0 aromatic rings. The van der Waals surface area contributed by atoms with Crippen LogP contribution in [0.2, 0.25) is 0 Å². The summed E-state index contributed by atoms with van der Waals surface area (Å²) in [7, 11) is 0. The maximum atomic E-state index is 11.9. The lowest BCUT2D eigenvalue weighted by molar-refractivity contribution is 0.0997. The number of alkyl halides is 2. The molecule has 0 radical (unpaired) electrons. The van der Waals surface area contributed by atoms with Gasteiger partial charge in [-0.15, -0.1) is 0 Å². The highest BCUT2D eigenvalue weighted by molar-refractivity contribution is 4.80. The molecule has 2 nitrogen and oxygen atoms in total. The molecule has 2 unspecified atom stereocenters. The molecule has 3 N–H and O–H groups in total. The van der Waals surface area contributed by atoms with Crippen molar-refractivity contribution in [3.05, 3.63) is 0 Å². The molecule has 2 atom stereocenters. The van der Waals surface area contributed by atoms with Crippen LogP contribution >= 0.6 is 0 Å². The Morgan fingerprint density at radius 2 is 2.27 bits per heavy atom. The van der Waals surface area contributed by atoms with Crippen molar-refractivity contribution >= 4 is 0 Å². The molecule has 1 heterocycles. The van der Waals surface area contributed by atoms with Crippen LogP contribution in [0, 0.1) is 5.92 Å². The molecule has 0 aliphatic carbocycles. The van der Waals surface area contributed by atoms with Crippen molar-refractivity contribution in [2.24, 2.45) is 11.7 Å². The van der Waals surface area contributed by atoms with Crippen LogP contribution in [0.15, 0.2) is 0 Å². The van der Waals surface area contributed by atoms with E-state index in [2.05, 4.69) is 5.32 Å². The summed E-state index contributed by atoms with van der Waals surface area (Å²) in [6.07, 6.45) is -1.46. The van der Waals surface area contributed by atoms with Crippen LogP contribution in [0.5, 0.6) is 0 Å². The lowest BCUT2D eigenvalue weighted by atomic mass is 9.91. The van der Waals surface area contributed by atoms with Crippen molar-refractivity contribution in [1.29, 1.82) is 0 Å². The molecule has 66 valence electrons. The van der Waals surface area contributed by atoms with Crippen molar-refractivity contribution in [3.8, 4) is 0 Å². The fourth-order valence-electron chi connectivity index (χ4n) is 1.46. The van der Waals surface area contributed by atoms with Crippen molar-refractivity contribution in [1.82, 2.24) is 5.32 Å². The van der Waals surface area contributed by atoms with Crippen molar-refractivity contribution < 1.29 is 8.78 Å².